The predicted molar refractivity (Wildman–Crippen MR) is 71.4 cm³/mol. The molecule has 1 heterocycles. The Labute approximate surface area is 106 Å². The summed E-state index contributed by atoms with van der Waals surface area (Å²) in [4.78, 5) is 11.9. The van der Waals surface area contributed by atoms with Gasteiger partial charge in [0.25, 0.3) is 5.56 Å². The Kier molecular flexibility index (Phi) is 3.58. The van der Waals surface area contributed by atoms with Crippen LogP contribution < -0.4 is 11.3 Å². The second kappa shape index (κ2) is 5.14. The number of nitrogens with two attached hydrogens (primary N) is 1. The topological polar surface area (TPSA) is 60.9 Å². The Morgan fingerprint density at radius 3 is 2.61 bits per heavy atom. The van der Waals surface area contributed by atoms with Gasteiger partial charge in [0.1, 0.15) is 0 Å². The average Bonchev–Trinajstić information content (AvgIpc) is 2.36. The Hall–Kier alpha value is -1.94. The Bertz CT molecular complexity index is 617. The maximum absolute atomic E-state index is 11.9. The molecule has 0 unspecified atom stereocenters. The molecule has 18 heavy (non-hydrogen) atoms. The van der Waals surface area contributed by atoms with Crippen molar-refractivity contribution in [2.45, 2.75) is 26.9 Å². The van der Waals surface area contributed by atoms with Crippen LogP contribution in [0.5, 0.6) is 0 Å². The fourth-order valence-electron chi connectivity index (χ4n) is 1.89. The lowest BCUT2D eigenvalue weighted by molar-refractivity contribution is 0.620. The van der Waals surface area contributed by atoms with Gasteiger partial charge in [0.05, 0.1) is 12.2 Å². The van der Waals surface area contributed by atoms with E-state index in [0.29, 0.717) is 13.1 Å². The van der Waals surface area contributed by atoms with Crippen LogP contribution in [0, 0.1) is 13.8 Å². The van der Waals surface area contributed by atoms with Gasteiger partial charge in [-0.15, -0.1) is 0 Å². The van der Waals surface area contributed by atoms with Crippen LogP contribution >= 0.6 is 0 Å². The van der Waals surface area contributed by atoms with Gasteiger partial charge in [0, 0.05) is 12.6 Å². The van der Waals surface area contributed by atoms with Gasteiger partial charge in [0.15, 0.2) is 0 Å². The number of rotatable bonds is 3. The first-order valence-corrected chi connectivity index (χ1v) is 5.94. The first-order chi connectivity index (χ1) is 8.61. The minimum atomic E-state index is -0.107. The van der Waals surface area contributed by atoms with Crippen molar-refractivity contribution in [3.63, 3.8) is 0 Å². The Balaban J connectivity index is 2.39. The highest BCUT2D eigenvalue weighted by atomic mass is 16.1. The van der Waals surface area contributed by atoms with Gasteiger partial charge in [-0.1, -0.05) is 24.3 Å². The van der Waals surface area contributed by atoms with Crippen molar-refractivity contribution in [2.75, 3.05) is 0 Å². The van der Waals surface area contributed by atoms with E-state index in [0.717, 1.165) is 22.4 Å². The van der Waals surface area contributed by atoms with E-state index in [2.05, 4.69) is 5.10 Å². The van der Waals surface area contributed by atoms with E-state index in [1.807, 2.05) is 38.1 Å². The van der Waals surface area contributed by atoms with Crippen LogP contribution in [0.25, 0.3) is 0 Å². The zero-order valence-electron chi connectivity index (χ0n) is 10.7. The summed E-state index contributed by atoms with van der Waals surface area (Å²) >= 11 is 0. The molecule has 4 heteroatoms. The molecule has 0 bridgehead atoms. The minimum absolute atomic E-state index is 0.107. The summed E-state index contributed by atoms with van der Waals surface area (Å²) in [5.74, 6) is 0. The van der Waals surface area contributed by atoms with Crippen LogP contribution in [0.2, 0.25) is 0 Å². The van der Waals surface area contributed by atoms with Gasteiger partial charge in [-0.25, -0.2) is 4.68 Å². The van der Waals surface area contributed by atoms with Crippen LogP contribution in [0.4, 0.5) is 0 Å². The quantitative estimate of drug-likeness (QED) is 0.885. The molecule has 4 nitrogen and oxygen atoms in total. The van der Waals surface area contributed by atoms with Gasteiger partial charge in [-0.2, -0.15) is 5.10 Å². The van der Waals surface area contributed by atoms with Crippen molar-refractivity contribution in [2.24, 2.45) is 5.73 Å². The fraction of sp³-hybridized carbons (Fsp3) is 0.286. The molecular weight excluding hydrogens is 226 g/mol. The lowest BCUT2D eigenvalue weighted by atomic mass is 10.1. The first kappa shape index (κ1) is 12.5. The highest BCUT2D eigenvalue weighted by Crippen LogP contribution is 2.08. The monoisotopic (exact) mass is 243 g/mol. The third-order valence-electron chi connectivity index (χ3n) is 3.09. The molecule has 0 amide bonds. The first-order valence-electron chi connectivity index (χ1n) is 5.94. The van der Waals surface area contributed by atoms with E-state index < -0.39 is 0 Å². The maximum atomic E-state index is 11.9. The zero-order valence-corrected chi connectivity index (χ0v) is 10.7. The van der Waals surface area contributed by atoms with Crippen molar-refractivity contribution in [1.29, 1.82) is 0 Å². The SMILES string of the molecule is Cc1ccccc1Cn1nc(C)c(CN)cc1=O. The highest BCUT2D eigenvalue weighted by molar-refractivity contribution is 5.26. The smallest absolute Gasteiger partial charge is 0.267 e. The molecule has 2 aromatic rings. The maximum Gasteiger partial charge on any atom is 0.267 e. The van der Waals surface area contributed by atoms with E-state index in [4.69, 9.17) is 5.73 Å². The Morgan fingerprint density at radius 1 is 1.22 bits per heavy atom. The van der Waals surface area contributed by atoms with Crippen molar-refractivity contribution in [3.8, 4) is 0 Å². The number of nitrogens with zero attached hydrogens (tertiary/aromatic N) is 2. The molecule has 94 valence electrons. The minimum Gasteiger partial charge on any atom is -0.326 e. The van der Waals surface area contributed by atoms with Crippen molar-refractivity contribution in [3.05, 3.63) is 63.1 Å². The molecule has 0 atom stereocenters. The van der Waals surface area contributed by atoms with Gasteiger partial charge < -0.3 is 5.73 Å². The summed E-state index contributed by atoms with van der Waals surface area (Å²) in [6, 6.07) is 9.56. The average molecular weight is 243 g/mol. The van der Waals surface area contributed by atoms with Crippen LogP contribution in [-0.4, -0.2) is 9.78 Å². The van der Waals surface area contributed by atoms with Gasteiger partial charge in [0.2, 0.25) is 0 Å². The molecule has 0 saturated heterocycles. The molecule has 1 aromatic carbocycles. The summed E-state index contributed by atoms with van der Waals surface area (Å²) < 4.78 is 1.48. The van der Waals surface area contributed by atoms with Crippen LogP contribution in [0.1, 0.15) is 22.4 Å². The number of aromatic nitrogens is 2. The van der Waals surface area contributed by atoms with Crippen LogP contribution in [0.15, 0.2) is 35.1 Å². The van der Waals surface area contributed by atoms with E-state index in [1.165, 1.54) is 4.68 Å². The number of hydrogen-bond acceptors (Lipinski definition) is 3. The molecule has 2 rings (SSSR count). The van der Waals surface area contributed by atoms with Crippen LogP contribution in [-0.2, 0) is 13.1 Å². The zero-order chi connectivity index (χ0) is 13.1. The second-order valence-electron chi connectivity index (χ2n) is 4.38. The van der Waals surface area contributed by atoms with Gasteiger partial charge in [-0.3, -0.25) is 4.79 Å². The summed E-state index contributed by atoms with van der Waals surface area (Å²) in [5.41, 5.74) is 9.33. The molecule has 0 aliphatic rings. The molecule has 0 saturated carbocycles. The molecule has 0 aliphatic heterocycles. The summed E-state index contributed by atoms with van der Waals surface area (Å²) in [7, 11) is 0. The van der Waals surface area contributed by atoms with E-state index in [-0.39, 0.29) is 5.56 Å². The predicted octanol–water partition coefficient (Wildman–Crippen LogP) is 1.37. The lowest BCUT2D eigenvalue weighted by Crippen LogP contribution is -2.25. The third-order valence-corrected chi connectivity index (χ3v) is 3.09. The fourth-order valence-corrected chi connectivity index (χ4v) is 1.89. The largest absolute Gasteiger partial charge is 0.326 e. The van der Waals surface area contributed by atoms with Crippen molar-refractivity contribution >= 4 is 0 Å². The van der Waals surface area contributed by atoms with Gasteiger partial charge >= 0.3 is 0 Å². The molecule has 0 fully saturated rings. The van der Waals surface area contributed by atoms with E-state index >= 15 is 0 Å². The molecular formula is C14H17N3O. The highest BCUT2D eigenvalue weighted by Gasteiger charge is 2.05. The number of aryl methyl sites for hydroxylation is 2. The standard InChI is InChI=1S/C14H17N3O/c1-10-5-3-4-6-12(10)9-17-14(18)7-13(8-15)11(2)16-17/h3-7H,8-9,15H2,1-2H3. The van der Waals surface area contributed by atoms with E-state index in [1.54, 1.807) is 6.07 Å². The summed E-state index contributed by atoms with van der Waals surface area (Å²) in [5, 5.41) is 4.30. The summed E-state index contributed by atoms with van der Waals surface area (Å²) in [6.45, 7) is 4.74. The lowest BCUT2D eigenvalue weighted by Gasteiger charge is -2.10. The van der Waals surface area contributed by atoms with Crippen molar-refractivity contribution < 1.29 is 0 Å². The Morgan fingerprint density at radius 2 is 1.94 bits per heavy atom. The van der Waals surface area contributed by atoms with E-state index in [9.17, 15) is 4.79 Å². The molecule has 0 aliphatic carbocycles. The number of hydrogen-bond donors (Lipinski definition) is 1. The normalized spacial score (nSPS) is 10.6. The molecule has 1 aromatic heterocycles. The number of benzene rings is 1. The summed E-state index contributed by atoms with van der Waals surface area (Å²) in [6.07, 6.45) is 0. The molecule has 2 N–H and O–H groups in total. The van der Waals surface area contributed by atoms with Gasteiger partial charge in [-0.05, 0) is 30.5 Å². The molecule has 0 spiro atoms. The molecule has 0 radical (unpaired) electrons. The van der Waals surface area contributed by atoms with Crippen molar-refractivity contribution in [1.82, 2.24) is 9.78 Å². The second-order valence-corrected chi connectivity index (χ2v) is 4.38. The van der Waals surface area contributed by atoms with Crippen LogP contribution in [0.3, 0.4) is 0 Å². The third kappa shape index (κ3) is 2.49.